The van der Waals surface area contributed by atoms with Crippen molar-refractivity contribution < 1.29 is 9.53 Å². The largest absolute Gasteiger partial charge is 0.484 e. The molecule has 1 amide bonds. The van der Waals surface area contributed by atoms with Crippen molar-refractivity contribution in [2.75, 3.05) is 26.2 Å². The van der Waals surface area contributed by atoms with Crippen LogP contribution in [0.3, 0.4) is 0 Å². The number of carbonyl (C=O) groups excluding carboxylic acids is 1. The highest BCUT2D eigenvalue weighted by molar-refractivity contribution is 5.78. The molecule has 25 heavy (non-hydrogen) atoms. The number of H-pyrrole nitrogens is 1. The summed E-state index contributed by atoms with van der Waals surface area (Å²) in [5.74, 6) is 0.725. The molecule has 2 N–H and O–H groups in total. The molecule has 6 nitrogen and oxygen atoms in total. The number of hydrogen-bond donors (Lipinski definition) is 2. The lowest BCUT2D eigenvalue weighted by Crippen LogP contribution is -2.42. The molecule has 6 heteroatoms. The number of nitrogens with zero attached hydrogens (tertiary/aromatic N) is 2. The predicted octanol–water partition coefficient (Wildman–Crippen LogP) is 2.36. The summed E-state index contributed by atoms with van der Waals surface area (Å²) in [6.45, 7) is 6.56. The van der Waals surface area contributed by atoms with Gasteiger partial charge in [-0.25, -0.2) is 0 Å². The Kier molecular flexibility index (Phi) is 5.71. The monoisotopic (exact) mass is 342 g/mol. The summed E-state index contributed by atoms with van der Waals surface area (Å²) in [6.07, 6.45) is 4.12. The van der Waals surface area contributed by atoms with Crippen LogP contribution in [0.1, 0.15) is 25.5 Å². The molecule has 1 atom stereocenters. The van der Waals surface area contributed by atoms with Crippen LogP contribution >= 0.6 is 0 Å². The number of amides is 1. The highest BCUT2D eigenvalue weighted by atomic mass is 16.5. The van der Waals surface area contributed by atoms with Crippen LogP contribution in [0.15, 0.2) is 30.5 Å². The van der Waals surface area contributed by atoms with E-state index in [1.54, 1.807) is 6.20 Å². The Morgan fingerprint density at radius 3 is 3.00 bits per heavy atom. The van der Waals surface area contributed by atoms with Gasteiger partial charge in [-0.15, -0.1) is 0 Å². The fourth-order valence-electron chi connectivity index (χ4n) is 3.22. The standard InChI is InChI=1S/C19H26N4O2/c1-3-23(12-16-7-5-9-20-16)19(24)13-25-17-8-4-6-15(10-17)18-11-21-22-14(18)2/h4,6,8,10-11,16,20H,3,5,7,9,12-13H2,1-2H3,(H,21,22)/t16-/m0/s1. The molecule has 1 saturated heterocycles. The van der Waals surface area contributed by atoms with Crippen molar-refractivity contribution in [2.45, 2.75) is 32.7 Å². The summed E-state index contributed by atoms with van der Waals surface area (Å²) >= 11 is 0. The van der Waals surface area contributed by atoms with Gasteiger partial charge in [0.2, 0.25) is 0 Å². The SMILES string of the molecule is CCN(C[C@@H]1CCCN1)C(=O)COc1cccc(-c2cn[nH]c2C)c1. The highest BCUT2D eigenvalue weighted by Crippen LogP contribution is 2.25. The second-order valence-electron chi connectivity index (χ2n) is 6.45. The summed E-state index contributed by atoms with van der Waals surface area (Å²) < 4.78 is 5.75. The quantitative estimate of drug-likeness (QED) is 0.810. The molecule has 0 aliphatic carbocycles. The van der Waals surface area contributed by atoms with Crippen LogP contribution in [-0.2, 0) is 4.79 Å². The van der Waals surface area contributed by atoms with Gasteiger partial charge in [-0.1, -0.05) is 12.1 Å². The Morgan fingerprint density at radius 1 is 1.44 bits per heavy atom. The van der Waals surface area contributed by atoms with E-state index in [1.807, 2.05) is 43.0 Å². The van der Waals surface area contributed by atoms with E-state index in [-0.39, 0.29) is 12.5 Å². The minimum Gasteiger partial charge on any atom is -0.484 e. The van der Waals surface area contributed by atoms with Gasteiger partial charge in [0.25, 0.3) is 5.91 Å². The molecule has 0 bridgehead atoms. The van der Waals surface area contributed by atoms with E-state index in [0.29, 0.717) is 18.3 Å². The molecule has 1 fully saturated rings. The van der Waals surface area contributed by atoms with Crippen molar-refractivity contribution in [1.82, 2.24) is 20.4 Å². The van der Waals surface area contributed by atoms with Crippen molar-refractivity contribution in [1.29, 1.82) is 0 Å². The van der Waals surface area contributed by atoms with Crippen molar-refractivity contribution in [3.63, 3.8) is 0 Å². The Hall–Kier alpha value is -2.34. The van der Waals surface area contributed by atoms with Crippen LogP contribution in [0.4, 0.5) is 0 Å². The van der Waals surface area contributed by atoms with Crippen molar-refractivity contribution in [2.24, 2.45) is 0 Å². The number of rotatable bonds is 7. The number of likely N-dealkylation sites (N-methyl/N-ethyl adjacent to an activating group) is 1. The first-order valence-corrected chi connectivity index (χ1v) is 8.91. The number of nitrogens with one attached hydrogen (secondary N) is 2. The van der Waals surface area contributed by atoms with E-state index >= 15 is 0 Å². The molecule has 1 aliphatic rings. The van der Waals surface area contributed by atoms with Gasteiger partial charge < -0.3 is 15.0 Å². The zero-order chi connectivity index (χ0) is 17.6. The van der Waals surface area contributed by atoms with Gasteiger partial charge >= 0.3 is 0 Å². The molecule has 2 aromatic rings. The Balaban J connectivity index is 1.58. The minimum atomic E-state index is 0.0288. The number of aromatic nitrogens is 2. The topological polar surface area (TPSA) is 70.2 Å². The highest BCUT2D eigenvalue weighted by Gasteiger charge is 2.20. The van der Waals surface area contributed by atoms with E-state index in [2.05, 4.69) is 15.5 Å². The fourth-order valence-corrected chi connectivity index (χ4v) is 3.22. The molecule has 134 valence electrons. The molecular formula is C19H26N4O2. The van der Waals surface area contributed by atoms with Crippen molar-refractivity contribution in [3.8, 4) is 16.9 Å². The number of carbonyl (C=O) groups is 1. The summed E-state index contributed by atoms with van der Waals surface area (Å²) in [7, 11) is 0. The van der Waals surface area contributed by atoms with E-state index in [0.717, 1.165) is 36.3 Å². The second kappa shape index (κ2) is 8.16. The Bertz CT molecular complexity index is 707. The van der Waals surface area contributed by atoms with Crippen LogP contribution in [0.25, 0.3) is 11.1 Å². The van der Waals surface area contributed by atoms with Gasteiger partial charge in [-0.2, -0.15) is 5.10 Å². The van der Waals surface area contributed by atoms with Gasteiger partial charge in [0.05, 0.1) is 6.20 Å². The van der Waals surface area contributed by atoms with Crippen molar-refractivity contribution in [3.05, 3.63) is 36.2 Å². The first-order chi connectivity index (χ1) is 12.2. The number of aryl methyl sites for hydroxylation is 1. The van der Waals surface area contributed by atoms with Crippen LogP contribution in [0.5, 0.6) is 5.75 Å². The Labute approximate surface area is 148 Å². The molecule has 1 aromatic carbocycles. The lowest BCUT2D eigenvalue weighted by atomic mass is 10.1. The van der Waals surface area contributed by atoms with E-state index in [1.165, 1.54) is 6.42 Å². The molecular weight excluding hydrogens is 316 g/mol. The number of ether oxygens (including phenoxy) is 1. The maximum absolute atomic E-state index is 12.5. The zero-order valence-electron chi connectivity index (χ0n) is 14.9. The zero-order valence-corrected chi connectivity index (χ0v) is 14.9. The van der Waals surface area contributed by atoms with Crippen LogP contribution in [-0.4, -0.2) is 53.3 Å². The number of benzene rings is 1. The maximum Gasteiger partial charge on any atom is 0.260 e. The van der Waals surface area contributed by atoms with Gasteiger partial charge in [0.1, 0.15) is 5.75 Å². The molecule has 2 heterocycles. The van der Waals surface area contributed by atoms with Gasteiger partial charge in [0, 0.05) is 30.4 Å². The van der Waals surface area contributed by atoms with E-state index in [9.17, 15) is 4.79 Å². The lowest BCUT2D eigenvalue weighted by Gasteiger charge is -2.24. The minimum absolute atomic E-state index is 0.0288. The molecule has 3 rings (SSSR count). The third kappa shape index (κ3) is 4.39. The summed E-state index contributed by atoms with van der Waals surface area (Å²) in [5, 5.41) is 10.4. The third-order valence-electron chi connectivity index (χ3n) is 4.67. The van der Waals surface area contributed by atoms with E-state index < -0.39 is 0 Å². The first kappa shape index (κ1) is 17.5. The summed E-state index contributed by atoms with van der Waals surface area (Å²) in [4.78, 5) is 14.3. The molecule has 1 aromatic heterocycles. The van der Waals surface area contributed by atoms with Crippen LogP contribution in [0.2, 0.25) is 0 Å². The Morgan fingerprint density at radius 2 is 2.32 bits per heavy atom. The van der Waals surface area contributed by atoms with Crippen molar-refractivity contribution >= 4 is 5.91 Å². The molecule has 0 unspecified atom stereocenters. The molecule has 0 saturated carbocycles. The normalized spacial score (nSPS) is 16.8. The molecule has 0 spiro atoms. The first-order valence-electron chi connectivity index (χ1n) is 8.91. The van der Waals surface area contributed by atoms with Gasteiger partial charge in [-0.3, -0.25) is 9.89 Å². The fraction of sp³-hybridized carbons (Fsp3) is 0.474. The maximum atomic E-state index is 12.5. The second-order valence-corrected chi connectivity index (χ2v) is 6.45. The van der Waals surface area contributed by atoms with Crippen LogP contribution < -0.4 is 10.1 Å². The third-order valence-corrected chi connectivity index (χ3v) is 4.67. The number of aromatic amines is 1. The molecule has 1 aliphatic heterocycles. The average Bonchev–Trinajstić information content (AvgIpc) is 3.29. The average molecular weight is 342 g/mol. The number of hydrogen-bond acceptors (Lipinski definition) is 4. The smallest absolute Gasteiger partial charge is 0.260 e. The summed E-state index contributed by atoms with van der Waals surface area (Å²) in [5.41, 5.74) is 3.08. The molecule has 0 radical (unpaired) electrons. The lowest BCUT2D eigenvalue weighted by molar-refractivity contribution is -0.133. The van der Waals surface area contributed by atoms with Crippen LogP contribution in [0, 0.1) is 6.92 Å². The summed E-state index contributed by atoms with van der Waals surface area (Å²) in [6, 6.07) is 8.18. The predicted molar refractivity (Wildman–Crippen MR) is 97.5 cm³/mol. The van der Waals surface area contributed by atoms with Gasteiger partial charge in [-0.05, 0) is 50.9 Å². The van der Waals surface area contributed by atoms with Gasteiger partial charge in [0.15, 0.2) is 6.61 Å². The van der Waals surface area contributed by atoms with E-state index in [4.69, 9.17) is 4.74 Å².